The Morgan fingerprint density at radius 2 is 2.32 bits per heavy atom. The van der Waals surface area contributed by atoms with Gasteiger partial charge in [-0.05, 0) is 37.8 Å². The van der Waals surface area contributed by atoms with E-state index in [1.807, 2.05) is 25.3 Å². The predicted molar refractivity (Wildman–Crippen MR) is 109 cm³/mol. The number of likely N-dealkylation sites (tertiary alicyclic amines) is 1. The van der Waals surface area contributed by atoms with Crippen molar-refractivity contribution >= 4 is 33.6 Å². The largest absolute Gasteiger partial charge is 0.492 e. The van der Waals surface area contributed by atoms with Crippen LogP contribution in [0.4, 0.5) is 0 Å². The summed E-state index contributed by atoms with van der Waals surface area (Å²) in [4.78, 5) is 21.8. The van der Waals surface area contributed by atoms with Crippen LogP contribution in [0, 0.1) is 5.92 Å². The van der Waals surface area contributed by atoms with Crippen molar-refractivity contribution < 1.29 is 14.6 Å². The van der Waals surface area contributed by atoms with Gasteiger partial charge < -0.3 is 9.84 Å². The minimum atomic E-state index is -0.132. The first-order valence-corrected chi connectivity index (χ1v) is 11.3. The molecule has 1 saturated heterocycles. The number of aromatic nitrogens is 3. The lowest BCUT2D eigenvalue weighted by Crippen LogP contribution is -2.41. The summed E-state index contributed by atoms with van der Waals surface area (Å²) in [5, 5.41) is 17.4. The second-order valence-electron chi connectivity index (χ2n) is 6.87. The maximum atomic E-state index is 12.3. The van der Waals surface area contributed by atoms with Gasteiger partial charge in [-0.2, -0.15) is 4.52 Å². The van der Waals surface area contributed by atoms with Crippen LogP contribution in [0.1, 0.15) is 48.3 Å². The predicted octanol–water partition coefficient (Wildman–Crippen LogP) is 3.48. The summed E-state index contributed by atoms with van der Waals surface area (Å²) >= 11 is 3.12. The van der Waals surface area contributed by atoms with Gasteiger partial charge in [0.25, 0.3) is 0 Å². The van der Waals surface area contributed by atoms with E-state index in [1.54, 1.807) is 11.3 Å². The lowest BCUT2D eigenvalue weighted by molar-refractivity contribution is -0.150. The monoisotopic (exact) mass is 420 g/mol. The van der Waals surface area contributed by atoms with Crippen LogP contribution in [0.3, 0.4) is 0 Å². The molecule has 3 aromatic heterocycles. The summed E-state index contributed by atoms with van der Waals surface area (Å²) in [6.45, 7) is 5.72. The molecule has 0 aliphatic carbocycles. The Balaban J connectivity index is 1.70. The molecular formula is C19H24N4O3S2. The molecule has 0 spiro atoms. The molecule has 0 saturated carbocycles. The van der Waals surface area contributed by atoms with Gasteiger partial charge in [-0.3, -0.25) is 9.69 Å². The number of piperidine rings is 1. The number of rotatable bonds is 6. The highest BCUT2D eigenvalue weighted by Crippen LogP contribution is 2.42. The van der Waals surface area contributed by atoms with E-state index in [-0.39, 0.29) is 23.8 Å². The molecule has 0 aromatic carbocycles. The third kappa shape index (κ3) is 3.54. The van der Waals surface area contributed by atoms with Gasteiger partial charge in [-0.25, -0.2) is 4.98 Å². The van der Waals surface area contributed by atoms with Crippen molar-refractivity contribution in [2.75, 3.05) is 19.7 Å². The molecule has 9 heteroatoms. The lowest BCUT2D eigenvalue weighted by Gasteiger charge is -2.36. The van der Waals surface area contributed by atoms with Gasteiger partial charge in [0.1, 0.15) is 0 Å². The number of hydrogen-bond donors (Lipinski definition) is 1. The minimum absolute atomic E-state index is 0.115. The number of thiazole rings is 1. The fraction of sp³-hybridized carbons (Fsp3) is 0.526. The first-order valence-electron chi connectivity index (χ1n) is 9.63. The SMILES string of the molecule is CCOC(=O)[C@H]1CCCN([C@H](c2cccs2)c2sc3nc(CC)nn3c2O)C1. The highest BCUT2D eigenvalue weighted by Gasteiger charge is 2.35. The quantitative estimate of drug-likeness (QED) is 0.615. The standard InChI is InChI=1S/C19H24N4O3S2/c1-3-14-20-19-23(21-14)17(24)16(28-19)15(13-8-6-10-27-13)22-9-5-7-12(11-22)18(25)26-4-2/h6,8,10,12,15,24H,3-5,7,9,11H2,1-2H3/t12-,15+/m0/s1. The third-order valence-electron chi connectivity index (χ3n) is 5.06. The molecule has 1 N–H and O–H groups in total. The number of aryl methyl sites for hydroxylation is 1. The number of ether oxygens (including phenoxy) is 1. The molecule has 2 atom stereocenters. The summed E-state index contributed by atoms with van der Waals surface area (Å²) in [5.41, 5.74) is 0. The molecule has 1 aliphatic heterocycles. The smallest absolute Gasteiger partial charge is 0.310 e. The second kappa shape index (κ2) is 8.18. The van der Waals surface area contributed by atoms with E-state index in [0.29, 0.717) is 18.1 Å². The van der Waals surface area contributed by atoms with Crippen molar-refractivity contribution in [3.8, 4) is 5.88 Å². The van der Waals surface area contributed by atoms with E-state index < -0.39 is 0 Å². The molecule has 0 unspecified atom stereocenters. The average molecular weight is 421 g/mol. The van der Waals surface area contributed by atoms with Gasteiger partial charge in [0.05, 0.1) is 23.4 Å². The Kier molecular flexibility index (Phi) is 5.65. The molecule has 0 bridgehead atoms. The summed E-state index contributed by atoms with van der Waals surface area (Å²) in [7, 11) is 0. The van der Waals surface area contributed by atoms with Crippen LogP contribution in [-0.2, 0) is 16.0 Å². The fourth-order valence-electron chi connectivity index (χ4n) is 3.73. The van der Waals surface area contributed by atoms with Gasteiger partial charge >= 0.3 is 5.97 Å². The second-order valence-corrected chi connectivity index (χ2v) is 8.86. The highest BCUT2D eigenvalue weighted by atomic mass is 32.1. The maximum absolute atomic E-state index is 12.3. The van der Waals surface area contributed by atoms with Crippen molar-refractivity contribution in [1.29, 1.82) is 0 Å². The van der Waals surface area contributed by atoms with Crippen LogP contribution < -0.4 is 0 Å². The van der Waals surface area contributed by atoms with E-state index in [1.165, 1.54) is 15.9 Å². The summed E-state index contributed by atoms with van der Waals surface area (Å²) in [6.07, 6.45) is 2.49. The van der Waals surface area contributed by atoms with E-state index >= 15 is 0 Å². The highest BCUT2D eigenvalue weighted by molar-refractivity contribution is 7.17. The van der Waals surface area contributed by atoms with Crippen LogP contribution in [0.15, 0.2) is 17.5 Å². The van der Waals surface area contributed by atoms with Crippen LogP contribution in [-0.4, -0.2) is 50.3 Å². The number of carbonyl (C=O) groups is 1. The summed E-state index contributed by atoms with van der Waals surface area (Å²) < 4.78 is 6.79. The Morgan fingerprint density at radius 1 is 1.46 bits per heavy atom. The topological polar surface area (TPSA) is 80.0 Å². The first kappa shape index (κ1) is 19.4. The summed E-state index contributed by atoms with van der Waals surface area (Å²) in [6, 6.07) is 3.98. The van der Waals surface area contributed by atoms with Crippen molar-refractivity contribution in [3.05, 3.63) is 33.1 Å². The number of hydrogen-bond acceptors (Lipinski definition) is 8. The van der Waals surface area contributed by atoms with Gasteiger partial charge in [0, 0.05) is 17.8 Å². The maximum Gasteiger partial charge on any atom is 0.310 e. The third-order valence-corrected chi connectivity index (χ3v) is 7.06. The molecule has 7 nitrogen and oxygen atoms in total. The Labute approximate surface area is 171 Å². The average Bonchev–Trinajstić information content (AvgIpc) is 3.42. The van der Waals surface area contributed by atoms with Gasteiger partial charge in [0.15, 0.2) is 5.82 Å². The molecule has 0 radical (unpaired) electrons. The molecule has 1 fully saturated rings. The molecule has 28 heavy (non-hydrogen) atoms. The Hall–Kier alpha value is -1.97. The van der Waals surface area contributed by atoms with E-state index in [2.05, 4.69) is 21.0 Å². The molecule has 150 valence electrons. The zero-order valence-electron chi connectivity index (χ0n) is 16.0. The van der Waals surface area contributed by atoms with E-state index in [9.17, 15) is 9.90 Å². The summed E-state index contributed by atoms with van der Waals surface area (Å²) in [5.74, 6) is 0.605. The van der Waals surface area contributed by atoms with Crippen molar-refractivity contribution in [3.63, 3.8) is 0 Å². The van der Waals surface area contributed by atoms with Gasteiger partial charge in [-0.1, -0.05) is 24.3 Å². The fourth-order valence-corrected chi connectivity index (χ4v) is 5.80. The number of thiophene rings is 1. The number of carbonyl (C=O) groups excluding carboxylic acids is 1. The number of nitrogens with zero attached hydrogens (tertiary/aromatic N) is 4. The number of esters is 1. The zero-order valence-corrected chi connectivity index (χ0v) is 17.6. The van der Waals surface area contributed by atoms with Crippen molar-refractivity contribution in [1.82, 2.24) is 19.5 Å². The molecular weight excluding hydrogens is 396 g/mol. The Bertz CT molecular complexity index is 950. The number of aromatic hydroxyl groups is 1. The van der Waals surface area contributed by atoms with E-state index in [0.717, 1.165) is 41.4 Å². The van der Waals surface area contributed by atoms with E-state index in [4.69, 9.17) is 4.74 Å². The van der Waals surface area contributed by atoms with Crippen molar-refractivity contribution in [2.45, 2.75) is 39.2 Å². The molecule has 4 rings (SSSR count). The Morgan fingerprint density at radius 3 is 3.00 bits per heavy atom. The van der Waals surface area contributed by atoms with Gasteiger partial charge in [-0.15, -0.1) is 16.4 Å². The molecule has 3 aromatic rings. The van der Waals surface area contributed by atoms with Crippen molar-refractivity contribution in [2.24, 2.45) is 5.92 Å². The molecule has 1 aliphatic rings. The van der Waals surface area contributed by atoms with Crippen LogP contribution in [0.5, 0.6) is 5.88 Å². The normalized spacial score (nSPS) is 19.1. The molecule has 0 amide bonds. The number of fused-ring (bicyclic) bond motifs is 1. The lowest BCUT2D eigenvalue weighted by atomic mass is 9.96. The first-order chi connectivity index (χ1) is 13.6. The van der Waals surface area contributed by atoms with Crippen LogP contribution >= 0.6 is 22.7 Å². The minimum Gasteiger partial charge on any atom is -0.492 e. The van der Waals surface area contributed by atoms with Crippen LogP contribution in [0.25, 0.3) is 4.96 Å². The van der Waals surface area contributed by atoms with Gasteiger partial charge in [0.2, 0.25) is 10.8 Å². The molecule has 4 heterocycles. The zero-order chi connectivity index (χ0) is 19.7. The van der Waals surface area contributed by atoms with Crippen LogP contribution in [0.2, 0.25) is 0 Å².